The Hall–Kier alpha value is -4.51. The first-order valence-corrected chi connectivity index (χ1v) is 14.1. The maximum absolute atomic E-state index is 13.0. The number of fused-ring (bicyclic) bond motifs is 1. The van der Waals surface area contributed by atoms with Crippen LogP contribution in [0, 0.1) is 11.7 Å². The summed E-state index contributed by atoms with van der Waals surface area (Å²) in [6, 6.07) is 11.6. The molecule has 0 saturated carbocycles. The van der Waals surface area contributed by atoms with Crippen LogP contribution >= 0.6 is 0 Å². The molecule has 2 aromatic carbocycles. The first-order chi connectivity index (χ1) is 20.4. The number of imidazole rings is 2. The molecule has 5 rings (SSSR count). The van der Waals surface area contributed by atoms with E-state index >= 15 is 0 Å². The van der Waals surface area contributed by atoms with Crippen molar-refractivity contribution in [2.24, 2.45) is 16.8 Å². The number of aromatic nitrogens is 4. The van der Waals surface area contributed by atoms with Gasteiger partial charge in [0.1, 0.15) is 18.2 Å². The molecule has 0 spiro atoms. The van der Waals surface area contributed by atoms with E-state index in [1.807, 2.05) is 24.7 Å². The first kappa shape index (κ1) is 29.0. The molecule has 10 nitrogen and oxygen atoms in total. The molecule has 4 aromatic rings. The lowest BCUT2D eigenvalue weighted by atomic mass is 9.93. The summed E-state index contributed by atoms with van der Waals surface area (Å²) in [4.78, 5) is 29.2. The van der Waals surface area contributed by atoms with Crippen molar-refractivity contribution >= 4 is 23.2 Å². The summed E-state index contributed by atoms with van der Waals surface area (Å²) in [5.41, 5.74) is 11.3. The zero-order chi connectivity index (χ0) is 29.5. The number of esters is 1. The van der Waals surface area contributed by atoms with Gasteiger partial charge >= 0.3 is 5.97 Å². The molecule has 0 atom stereocenters. The highest BCUT2D eigenvalue weighted by molar-refractivity contribution is 5.93. The van der Waals surface area contributed by atoms with Crippen LogP contribution in [-0.2, 0) is 35.8 Å². The number of nitrogens with two attached hydrogens (primary N) is 1. The van der Waals surface area contributed by atoms with E-state index in [-0.39, 0.29) is 24.3 Å². The molecule has 3 heterocycles. The minimum Gasteiger partial charge on any atom is -0.465 e. The number of hydrogen-bond donors (Lipinski definition) is 1. The van der Waals surface area contributed by atoms with Gasteiger partial charge in [0.05, 0.1) is 55.0 Å². The highest BCUT2D eigenvalue weighted by atomic mass is 19.1. The molecular weight excluding hydrogens is 537 g/mol. The summed E-state index contributed by atoms with van der Waals surface area (Å²) < 4.78 is 22.3. The van der Waals surface area contributed by atoms with Crippen LogP contribution in [0.4, 0.5) is 4.39 Å². The van der Waals surface area contributed by atoms with E-state index in [1.54, 1.807) is 30.5 Å². The first-order valence-electron chi connectivity index (χ1n) is 14.1. The number of methoxy groups -OCH3 is 1. The van der Waals surface area contributed by atoms with E-state index in [1.165, 1.54) is 19.2 Å². The fraction of sp³-hybridized carbons (Fsp3) is 0.355. The summed E-state index contributed by atoms with van der Waals surface area (Å²) in [6.45, 7) is 6.19. The second-order valence-electron chi connectivity index (χ2n) is 10.4. The highest BCUT2D eigenvalue weighted by Crippen LogP contribution is 2.25. The third-order valence-electron chi connectivity index (χ3n) is 7.68. The standard InChI is InChI=1S/C31H36FN7O3/c1-3-38-21-34-17-26(38)18-39-29-16-24(31(40)41-2)6-9-28(29)36-30(39)19-37-14-11-23(12-15-37)27(33)10-13-35-42-20-22-4-7-25(32)8-5-22/h4-10,13,16-17,21,23H,3,11-12,14-15,18-20,33H2,1-2H3/b27-10-,35-13+. The average molecular weight is 574 g/mol. The number of piperidine rings is 1. The number of hydrogen-bond acceptors (Lipinski definition) is 8. The van der Waals surface area contributed by atoms with Gasteiger partial charge in [-0.2, -0.15) is 0 Å². The Morgan fingerprint density at radius 1 is 1.17 bits per heavy atom. The van der Waals surface area contributed by atoms with Gasteiger partial charge in [-0.05, 0) is 74.8 Å². The normalized spacial score (nSPS) is 15.1. The molecule has 42 heavy (non-hydrogen) atoms. The summed E-state index contributed by atoms with van der Waals surface area (Å²) >= 11 is 0. The quantitative estimate of drug-likeness (QED) is 0.160. The fourth-order valence-corrected chi connectivity index (χ4v) is 5.25. The molecule has 2 N–H and O–H groups in total. The number of carbonyl (C=O) groups excluding carboxylic acids is 1. The number of oxime groups is 1. The molecule has 0 unspecified atom stereocenters. The Bertz CT molecular complexity index is 1570. The minimum absolute atomic E-state index is 0.255. The van der Waals surface area contributed by atoms with Crippen molar-refractivity contribution in [3.63, 3.8) is 0 Å². The van der Waals surface area contributed by atoms with Crippen LogP contribution in [0.3, 0.4) is 0 Å². The van der Waals surface area contributed by atoms with Crippen LogP contribution in [0.1, 0.15) is 47.2 Å². The van der Waals surface area contributed by atoms with Crippen molar-refractivity contribution in [1.82, 2.24) is 24.0 Å². The lowest BCUT2D eigenvalue weighted by Crippen LogP contribution is -2.35. The van der Waals surface area contributed by atoms with Crippen molar-refractivity contribution in [3.8, 4) is 0 Å². The number of allylic oxidation sites excluding steroid dienone is 2. The maximum atomic E-state index is 13.0. The zero-order valence-electron chi connectivity index (χ0n) is 23.9. The Morgan fingerprint density at radius 3 is 2.69 bits per heavy atom. The van der Waals surface area contributed by atoms with E-state index in [4.69, 9.17) is 20.3 Å². The van der Waals surface area contributed by atoms with Gasteiger partial charge in [-0.3, -0.25) is 4.90 Å². The Labute approximate surface area is 244 Å². The third kappa shape index (κ3) is 6.85. The van der Waals surface area contributed by atoms with Crippen LogP contribution in [0.2, 0.25) is 0 Å². The fourth-order valence-electron chi connectivity index (χ4n) is 5.25. The van der Waals surface area contributed by atoms with Gasteiger partial charge in [0.2, 0.25) is 0 Å². The van der Waals surface area contributed by atoms with Gasteiger partial charge in [-0.15, -0.1) is 0 Å². The van der Waals surface area contributed by atoms with E-state index in [0.717, 1.165) is 66.3 Å². The number of halogens is 1. The van der Waals surface area contributed by atoms with Crippen LogP contribution < -0.4 is 5.73 Å². The van der Waals surface area contributed by atoms with Crippen molar-refractivity contribution in [1.29, 1.82) is 0 Å². The van der Waals surface area contributed by atoms with E-state index < -0.39 is 0 Å². The van der Waals surface area contributed by atoms with Gasteiger partial charge in [-0.25, -0.2) is 19.2 Å². The van der Waals surface area contributed by atoms with Crippen LogP contribution in [-0.4, -0.2) is 56.4 Å². The van der Waals surface area contributed by atoms with Crippen molar-refractivity contribution in [3.05, 3.63) is 95.2 Å². The van der Waals surface area contributed by atoms with Crippen molar-refractivity contribution in [2.45, 2.75) is 46.0 Å². The molecule has 0 radical (unpaired) electrons. The summed E-state index contributed by atoms with van der Waals surface area (Å²) in [5, 5.41) is 3.96. The molecule has 0 aliphatic carbocycles. The molecule has 1 saturated heterocycles. The van der Waals surface area contributed by atoms with Crippen LogP contribution in [0.15, 0.2) is 71.9 Å². The molecule has 1 aliphatic heterocycles. The molecule has 0 bridgehead atoms. The summed E-state index contributed by atoms with van der Waals surface area (Å²) in [5.74, 6) is 0.535. The monoisotopic (exact) mass is 573 g/mol. The zero-order valence-corrected chi connectivity index (χ0v) is 23.9. The number of ether oxygens (including phenoxy) is 1. The Balaban J connectivity index is 1.23. The van der Waals surface area contributed by atoms with Gasteiger partial charge in [0, 0.05) is 24.4 Å². The predicted molar refractivity (Wildman–Crippen MR) is 158 cm³/mol. The number of carbonyl (C=O) groups is 1. The number of likely N-dealkylation sites (tertiary alicyclic amines) is 1. The van der Waals surface area contributed by atoms with Gasteiger partial charge in [-0.1, -0.05) is 17.3 Å². The molecule has 1 aliphatic rings. The lowest BCUT2D eigenvalue weighted by Gasteiger charge is -2.32. The summed E-state index contributed by atoms with van der Waals surface area (Å²) in [7, 11) is 1.39. The minimum atomic E-state index is -0.373. The molecule has 1 fully saturated rings. The van der Waals surface area contributed by atoms with Crippen molar-refractivity contribution in [2.75, 3.05) is 20.2 Å². The van der Waals surface area contributed by atoms with Crippen molar-refractivity contribution < 1.29 is 18.8 Å². The van der Waals surface area contributed by atoms with Gasteiger partial charge in [0.25, 0.3) is 0 Å². The maximum Gasteiger partial charge on any atom is 0.337 e. The SMILES string of the molecule is CCn1cncc1Cn1c(CN2CCC(/C(N)=C/C=N/OCc3ccc(F)cc3)CC2)nc2ccc(C(=O)OC)cc21. The van der Waals surface area contributed by atoms with E-state index in [2.05, 4.69) is 31.1 Å². The number of aryl methyl sites for hydroxylation is 1. The topological polar surface area (TPSA) is 113 Å². The van der Waals surface area contributed by atoms with E-state index in [0.29, 0.717) is 18.7 Å². The molecule has 2 aromatic heterocycles. The Morgan fingerprint density at radius 2 is 1.95 bits per heavy atom. The van der Waals surface area contributed by atoms with Gasteiger partial charge in [0.15, 0.2) is 0 Å². The number of rotatable bonds is 11. The van der Waals surface area contributed by atoms with Crippen LogP contribution in [0.25, 0.3) is 11.0 Å². The molecule has 0 amide bonds. The number of nitrogens with zero attached hydrogens (tertiary/aromatic N) is 6. The molecule has 11 heteroatoms. The molecule has 220 valence electrons. The summed E-state index contributed by atoms with van der Waals surface area (Å²) in [6.07, 6.45) is 8.90. The Kier molecular flexibility index (Phi) is 9.28. The average Bonchev–Trinajstić information content (AvgIpc) is 3.61. The predicted octanol–water partition coefficient (Wildman–Crippen LogP) is 4.48. The van der Waals surface area contributed by atoms with Crippen LogP contribution in [0.5, 0.6) is 0 Å². The second kappa shape index (κ2) is 13.4. The van der Waals surface area contributed by atoms with Gasteiger partial charge < -0.3 is 24.4 Å². The lowest BCUT2D eigenvalue weighted by molar-refractivity contribution is 0.0601. The molecular formula is C31H36FN7O3. The second-order valence-corrected chi connectivity index (χ2v) is 10.4. The third-order valence-corrected chi connectivity index (χ3v) is 7.68. The smallest absolute Gasteiger partial charge is 0.337 e. The largest absolute Gasteiger partial charge is 0.465 e. The van der Waals surface area contributed by atoms with E-state index in [9.17, 15) is 9.18 Å². The number of benzene rings is 2. The highest BCUT2D eigenvalue weighted by Gasteiger charge is 2.23.